The van der Waals surface area contributed by atoms with Gasteiger partial charge >= 0.3 is 0 Å². The van der Waals surface area contributed by atoms with Crippen LogP contribution in [0, 0.1) is 0 Å². The lowest BCUT2D eigenvalue weighted by molar-refractivity contribution is -0.119. The van der Waals surface area contributed by atoms with Crippen molar-refractivity contribution in [2.75, 3.05) is 36.4 Å². The van der Waals surface area contributed by atoms with Gasteiger partial charge in [0, 0.05) is 19.6 Å². The average molecular weight is 301 g/mol. The number of nitrogens with one attached hydrogen (secondary N) is 2. The van der Waals surface area contributed by atoms with E-state index < -0.39 is 0 Å². The lowest BCUT2D eigenvalue weighted by atomic mass is 10.4. The molecule has 0 radical (unpaired) electrons. The molecule has 0 saturated carbocycles. The summed E-state index contributed by atoms with van der Waals surface area (Å²) in [5.41, 5.74) is 0. The molecule has 0 saturated heterocycles. The van der Waals surface area contributed by atoms with Crippen molar-refractivity contribution in [1.82, 2.24) is 20.3 Å². The predicted molar refractivity (Wildman–Crippen MR) is 80.2 cm³/mol. The third-order valence-corrected chi connectivity index (χ3v) is 2.79. The molecule has 1 amide bonds. The summed E-state index contributed by atoms with van der Waals surface area (Å²) < 4.78 is 0. The Labute approximate surface area is 124 Å². The van der Waals surface area contributed by atoms with Crippen molar-refractivity contribution in [3.05, 3.63) is 5.28 Å². The van der Waals surface area contributed by atoms with Gasteiger partial charge in [0.2, 0.25) is 23.1 Å². The minimum atomic E-state index is -0.104. The van der Waals surface area contributed by atoms with E-state index in [1.165, 1.54) is 0 Å². The Bertz CT molecular complexity index is 438. The number of carbonyl (C=O) groups is 1. The third kappa shape index (κ3) is 5.16. The minimum absolute atomic E-state index is 0.104. The largest absolute Gasteiger partial charge is 0.355 e. The molecule has 1 heterocycles. The molecular weight excluding hydrogens is 280 g/mol. The molecule has 112 valence electrons. The first-order valence-corrected chi connectivity index (χ1v) is 7.15. The van der Waals surface area contributed by atoms with Gasteiger partial charge in [-0.05, 0) is 31.9 Å². The first-order valence-electron chi connectivity index (χ1n) is 6.77. The molecule has 0 aliphatic heterocycles. The van der Waals surface area contributed by atoms with E-state index in [2.05, 4.69) is 25.6 Å². The van der Waals surface area contributed by atoms with Crippen molar-refractivity contribution in [1.29, 1.82) is 0 Å². The van der Waals surface area contributed by atoms with E-state index >= 15 is 0 Å². The van der Waals surface area contributed by atoms with E-state index in [1.807, 2.05) is 25.7 Å². The number of carbonyl (C=O) groups excluding carboxylic acids is 1. The quantitative estimate of drug-likeness (QED) is 0.753. The van der Waals surface area contributed by atoms with Crippen LogP contribution in [0.3, 0.4) is 0 Å². The van der Waals surface area contributed by atoms with Gasteiger partial charge in [-0.2, -0.15) is 15.0 Å². The van der Waals surface area contributed by atoms with Crippen molar-refractivity contribution < 1.29 is 4.79 Å². The van der Waals surface area contributed by atoms with E-state index in [0.29, 0.717) is 18.4 Å². The number of nitrogens with zero attached hydrogens (tertiary/aromatic N) is 4. The fraction of sp³-hybridized carbons (Fsp3) is 0.667. The molecule has 1 aromatic rings. The molecule has 0 spiro atoms. The van der Waals surface area contributed by atoms with E-state index in [1.54, 1.807) is 0 Å². The van der Waals surface area contributed by atoms with Crippen LogP contribution < -0.4 is 15.5 Å². The summed E-state index contributed by atoms with van der Waals surface area (Å²) in [6, 6.07) is 0. The average Bonchev–Trinajstić information content (AvgIpc) is 2.43. The molecule has 0 fully saturated rings. The summed E-state index contributed by atoms with van der Waals surface area (Å²) in [4.78, 5) is 25.8. The van der Waals surface area contributed by atoms with E-state index in [0.717, 1.165) is 19.5 Å². The van der Waals surface area contributed by atoms with Crippen LogP contribution in [0.25, 0.3) is 0 Å². The smallest absolute Gasteiger partial charge is 0.239 e. The van der Waals surface area contributed by atoms with Gasteiger partial charge in [-0.25, -0.2) is 0 Å². The van der Waals surface area contributed by atoms with Gasteiger partial charge in [0.15, 0.2) is 0 Å². The molecule has 0 unspecified atom stereocenters. The van der Waals surface area contributed by atoms with Crippen LogP contribution in [-0.2, 0) is 4.79 Å². The standard InChI is InChI=1S/C12H21ClN6O/c1-4-7-14-9(20)8-15-11-16-10(13)17-12(18-11)19(5-2)6-3/h4-8H2,1-3H3,(H,14,20)(H,15,16,17,18). The number of hydrogen-bond donors (Lipinski definition) is 2. The van der Waals surface area contributed by atoms with Crippen molar-refractivity contribution in [2.45, 2.75) is 27.2 Å². The van der Waals surface area contributed by atoms with Crippen LogP contribution in [0.2, 0.25) is 5.28 Å². The Morgan fingerprint density at radius 1 is 1.20 bits per heavy atom. The zero-order valence-electron chi connectivity index (χ0n) is 12.1. The molecule has 1 rings (SSSR count). The summed E-state index contributed by atoms with van der Waals surface area (Å²) in [7, 11) is 0. The lowest BCUT2D eigenvalue weighted by Gasteiger charge is -2.18. The van der Waals surface area contributed by atoms with E-state index in [9.17, 15) is 4.79 Å². The summed E-state index contributed by atoms with van der Waals surface area (Å²) in [6.07, 6.45) is 0.898. The molecular formula is C12H21ClN6O. The normalized spacial score (nSPS) is 10.2. The maximum absolute atomic E-state index is 11.5. The Balaban J connectivity index is 2.68. The van der Waals surface area contributed by atoms with Crippen LogP contribution in [0.15, 0.2) is 0 Å². The summed E-state index contributed by atoms with van der Waals surface area (Å²) >= 11 is 5.88. The van der Waals surface area contributed by atoms with Crippen molar-refractivity contribution in [2.24, 2.45) is 0 Å². The van der Waals surface area contributed by atoms with Gasteiger partial charge in [-0.1, -0.05) is 6.92 Å². The van der Waals surface area contributed by atoms with Gasteiger partial charge in [0.25, 0.3) is 0 Å². The summed E-state index contributed by atoms with van der Waals surface area (Å²) in [6.45, 7) is 8.32. The van der Waals surface area contributed by atoms with Gasteiger partial charge in [-0.15, -0.1) is 0 Å². The molecule has 0 atom stereocenters. The van der Waals surface area contributed by atoms with Crippen LogP contribution in [0.4, 0.5) is 11.9 Å². The Morgan fingerprint density at radius 2 is 1.90 bits per heavy atom. The maximum atomic E-state index is 11.5. The number of rotatable bonds is 8. The molecule has 1 aromatic heterocycles. The summed E-state index contributed by atoms with van der Waals surface area (Å²) in [5, 5.41) is 5.72. The van der Waals surface area contributed by atoms with Crippen LogP contribution in [-0.4, -0.2) is 47.0 Å². The molecule has 0 bridgehead atoms. The SMILES string of the molecule is CCCNC(=O)CNc1nc(Cl)nc(N(CC)CC)n1. The Hall–Kier alpha value is -1.63. The number of amides is 1. The summed E-state index contributed by atoms with van der Waals surface area (Å²) in [5.74, 6) is 0.706. The van der Waals surface area contributed by atoms with Crippen molar-refractivity contribution in [3.63, 3.8) is 0 Å². The lowest BCUT2D eigenvalue weighted by Crippen LogP contribution is -2.31. The Kier molecular flexibility index (Phi) is 7.00. The van der Waals surface area contributed by atoms with Crippen molar-refractivity contribution in [3.8, 4) is 0 Å². The second-order valence-corrected chi connectivity index (χ2v) is 4.44. The Morgan fingerprint density at radius 3 is 2.50 bits per heavy atom. The zero-order chi connectivity index (χ0) is 15.0. The van der Waals surface area contributed by atoms with Gasteiger partial charge in [-0.3, -0.25) is 4.79 Å². The molecule has 0 aliphatic rings. The highest BCUT2D eigenvalue weighted by molar-refractivity contribution is 6.28. The van der Waals surface area contributed by atoms with Gasteiger partial charge in [0.1, 0.15) is 0 Å². The predicted octanol–water partition coefficient (Wildman–Crippen LogP) is 1.31. The molecule has 20 heavy (non-hydrogen) atoms. The highest BCUT2D eigenvalue weighted by atomic mass is 35.5. The highest BCUT2D eigenvalue weighted by Crippen LogP contribution is 2.13. The molecule has 0 aromatic carbocycles. The monoisotopic (exact) mass is 300 g/mol. The molecule has 8 heteroatoms. The van der Waals surface area contributed by atoms with Crippen LogP contribution in [0.1, 0.15) is 27.2 Å². The highest BCUT2D eigenvalue weighted by Gasteiger charge is 2.10. The first kappa shape index (κ1) is 16.4. The molecule has 7 nitrogen and oxygen atoms in total. The van der Waals surface area contributed by atoms with Crippen LogP contribution >= 0.6 is 11.6 Å². The number of hydrogen-bond acceptors (Lipinski definition) is 6. The van der Waals surface area contributed by atoms with E-state index in [-0.39, 0.29) is 17.7 Å². The first-order chi connectivity index (χ1) is 9.60. The molecule has 0 aliphatic carbocycles. The van der Waals surface area contributed by atoms with Gasteiger partial charge in [0.05, 0.1) is 6.54 Å². The number of aromatic nitrogens is 3. The van der Waals surface area contributed by atoms with Gasteiger partial charge < -0.3 is 15.5 Å². The fourth-order valence-electron chi connectivity index (χ4n) is 1.55. The zero-order valence-corrected chi connectivity index (χ0v) is 12.9. The second-order valence-electron chi connectivity index (χ2n) is 4.10. The topological polar surface area (TPSA) is 83.0 Å². The third-order valence-electron chi connectivity index (χ3n) is 2.62. The maximum Gasteiger partial charge on any atom is 0.239 e. The molecule has 2 N–H and O–H groups in total. The second kappa shape index (κ2) is 8.52. The van der Waals surface area contributed by atoms with Crippen molar-refractivity contribution >= 4 is 29.4 Å². The van der Waals surface area contributed by atoms with Crippen LogP contribution in [0.5, 0.6) is 0 Å². The number of halogens is 1. The fourth-order valence-corrected chi connectivity index (χ4v) is 1.71. The minimum Gasteiger partial charge on any atom is -0.355 e. The van der Waals surface area contributed by atoms with E-state index in [4.69, 9.17) is 11.6 Å². The number of anilines is 2.